The van der Waals surface area contributed by atoms with Gasteiger partial charge in [-0.1, -0.05) is 69.4 Å². The number of nitrogens with zero attached hydrogens (tertiary/aromatic N) is 1. The Morgan fingerprint density at radius 2 is 1.71 bits per heavy atom. The highest BCUT2D eigenvalue weighted by molar-refractivity contribution is 5.14. The number of unbranched alkanes of at least 4 members (excludes halogenated alkanes) is 4. The van der Waals surface area contributed by atoms with Crippen LogP contribution in [0.3, 0.4) is 0 Å². The second-order valence-corrected chi connectivity index (χ2v) is 6.15. The van der Waals surface area contributed by atoms with Crippen LogP contribution in [0, 0.1) is 0 Å². The van der Waals surface area contributed by atoms with Gasteiger partial charge in [0.1, 0.15) is 0 Å². The summed E-state index contributed by atoms with van der Waals surface area (Å²) in [6.45, 7) is 7.60. The van der Waals surface area contributed by atoms with Gasteiger partial charge in [0.25, 0.3) is 0 Å². The van der Waals surface area contributed by atoms with E-state index in [2.05, 4.69) is 49.1 Å². The summed E-state index contributed by atoms with van der Waals surface area (Å²) in [6.07, 6.45) is 9.24. The zero-order chi connectivity index (χ0) is 15.3. The number of benzene rings is 1. The van der Waals surface area contributed by atoms with Crippen LogP contribution in [-0.4, -0.2) is 24.0 Å². The maximum absolute atomic E-state index is 5.70. The molecule has 0 spiro atoms. The molecule has 2 heteroatoms. The summed E-state index contributed by atoms with van der Waals surface area (Å²) in [4.78, 5) is 2.60. The highest BCUT2D eigenvalue weighted by atomic mass is 15.1. The molecule has 0 aliphatic heterocycles. The fourth-order valence-corrected chi connectivity index (χ4v) is 2.79. The summed E-state index contributed by atoms with van der Waals surface area (Å²) < 4.78 is 0. The molecule has 0 aliphatic carbocycles. The van der Waals surface area contributed by atoms with Gasteiger partial charge in [0.05, 0.1) is 0 Å². The monoisotopic (exact) mass is 290 g/mol. The van der Waals surface area contributed by atoms with Crippen LogP contribution in [0.5, 0.6) is 0 Å². The Hall–Kier alpha value is -0.860. The van der Waals surface area contributed by atoms with E-state index in [1.807, 2.05) is 0 Å². The second kappa shape index (κ2) is 11.8. The van der Waals surface area contributed by atoms with Crippen molar-refractivity contribution in [3.8, 4) is 0 Å². The molecule has 1 unspecified atom stereocenters. The summed E-state index contributed by atoms with van der Waals surface area (Å²) in [5.41, 5.74) is 7.11. The first kappa shape index (κ1) is 18.2. The summed E-state index contributed by atoms with van der Waals surface area (Å²) >= 11 is 0. The molecule has 0 radical (unpaired) electrons. The Morgan fingerprint density at radius 1 is 1.00 bits per heavy atom. The molecular formula is C19H34N2. The van der Waals surface area contributed by atoms with Crippen LogP contribution in [0.2, 0.25) is 0 Å². The van der Waals surface area contributed by atoms with Crippen molar-refractivity contribution in [1.29, 1.82) is 0 Å². The molecule has 0 fully saturated rings. The SMILES string of the molecule is CCCCCCCC(C)N(CCCN)Cc1ccccc1. The van der Waals surface area contributed by atoms with Crippen molar-refractivity contribution in [3.63, 3.8) is 0 Å². The molecule has 0 aliphatic rings. The molecule has 0 heterocycles. The van der Waals surface area contributed by atoms with Crippen molar-refractivity contribution in [3.05, 3.63) is 35.9 Å². The number of hydrogen-bond donors (Lipinski definition) is 1. The topological polar surface area (TPSA) is 29.3 Å². The minimum atomic E-state index is 0.651. The Balaban J connectivity index is 2.40. The van der Waals surface area contributed by atoms with E-state index in [0.29, 0.717) is 6.04 Å². The quantitative estimate of drug-likeness (QED) is 0.571. The third-order valence-corrected chi connectivity index (χ3v) is 4.23. The Kier molecular flexibility index (Phi) is 10.2. The molecule has 1 aromatic rings. The van der Waals surface area contributed by atoms with Gasteiger partial charge in [0, 0.05) is 12.6 Å². The van der Waals surface area contributed by atoms with Gasteiger partial charge in [-0.2, -0.15) is 0 Å². The van der Waals surface area contributed by atoms with Crippen molar-refractivity contribution in [2.24, 2.45) is 5.73 Å². The van der Waals surface area contributed by atoms with E-state index in [1.165, 1.54) is 44.1 Å². The van der Waals surface area contributed by atoms with Gasteiger partial charge in [0.15, 0.2) is 0 Å². The molecule has 0 amide bonds. The molecule has 0 bridgehead atoms. The molecule has 0 saturated carbocycles. The lowest BCUT2D eigenvalue weighted by Crippen LogP contribution is -2.34. The van der Waals surface area contributed by atoms with E-state index in [4.69, 9.17) is 5.73 Å². The average Bonchev–Trinajstić information content (AvgIpc) is 2.52. The highest BCUT2D eigenvalue weighted by Gasteiger charge is 2.13. The molecule has 1 rings (SSSR count). The molecule has 0 aromatic heterocycles. The van der Waals surface area contributed by atoms with E-state index in [1.54, 1.807) is 0 Å². The normalized spacial score (nSPS) is 12.8. The predicted octanol–water partition coefficient (Wildman–Crippen LogP) is 4.59. The number of hydrogen-bond acceptors (Lipinski definition) is 2. The van der Waals surface area contributed by atoms with E-state index in [-0.39, 0.29) is 0 Å². The summed E-state index contributed by atoms with van der Waals surface area (Å²) in [7, 11) is 0. The maximum Gasteiger partial charge on any atom is 0.0236 e. The Morgan fingerprint density at radius 3 is 2.38 bits per heavy atom. The summed E-state index contributed by atoms with van der Waals surface area (Å²) in [6, 6.07) is 11.5. The van der Waals surface area contributed by atoms with Crippen LogP contribution in [0.15, 0.2) is 30.3 Å². The predicted molar refractivity (Wildman–Crippen MR) is 93.4 cm³/mol. The Labute approximate surface area is 131 Å². The van der Waals surface area contributed by atoms with Crippen LogP contribution >= 0.6 is 0 Å². The first-order chi connectivity index (χ1) is 10.3. The van der Waals surface area contributed by atoms with Crippen LogP contribution in [0.1, 0.15) is 64.4 Å². The van der Waals surface area contributed by atoms with E-state index in [0.717, 1.165) is 26.1 Å². The average molecular weight is 290 g/mol. The van der Waals surface area contributed by atoms with Crippen LogP contribution in [0.4, 0.5) is 0 Å². The first-order valence-electron chi connectivity index (χ1n) is 8.76. The maximum atomic E-state index is 5.70. The van der Waals surface area contributed by atoms with Gasteiger partial charge in [-0.15, -0.1) is 0 Å². The lowest BCUT2D eigenvalue weighted by molar-refractivity contribution is 0.186. The van der Waals surface area contributed by atoms with Gasteiger partial charge < -0.3 is 5.73 Å². The first-order valence-corrected chi connectivity index (χ1v) is 8.76. The van der Waals surface area contributed by atoms with Crippen molar-refractivity contribution in [2.45, 2.75) is 71.4 Å². The molecule has 1 atom stereocenters. The molecule has 0 saturated heterocycles. The van der Waals surface area contributed by atoms with Crippen LogP contribution in [-0.2, 0) is 6.54 Å². The van der Waals surface area contributed by atoms with E-state index >= 15 is 0 Å². The molecule has 2 nitrogen and oxygen atoms in total. The van der Waals surface area contributed by atoms with Crippen molar-refractivity contribution >= 4 is 0 Å². The third-order valence-electron chi connectivity index (χ3n) is 4.23. The second-order valence-electron chi connectivity index (χ2n) is 6.15. The summed E-state index contributed by atoms with van der Waals surface area (Å²) in [5.74, 6) is 0. The smallest absolute Gasteiger partial charge is 0.0236 e. The van der Waals surface area contributed by atoms with Crippen molar-refractivity contribution < 1.29 is 0 Å². The van der Waals surface area contributed by atoms with Gasteiger partial charge in [0.2, 0.25) is 0 Å². The minimum Gasteiger partial charge on any atom is -0.330 e. The number of nitrogens with two attached hydrogens (primary N) is 1. The Bertz CT molecular complexity index is 337. The van der Waals surface area contributed by atoms with Gasteiger partial charge in [-0.3, -0.25) is 4.90 Å². The lowest BCUT2D eigenvalue weighted by Gasteiger charge is -2.29. The lowest BCUT2D eigenvalue weighted by atomic mass is 10.1. The third kappa shape index (κ3) is 8.23. The van der Waals surface area contributed by atoms with E-state index < -0.39 is 0 Å². The highest BCUT2D eigenvalue weighted by Crippen LogP contribution is 2.15. The van der Waals surface area contributed by atoms with Gasteiger partial charge in [-0.05, 0) is 38.4 Å². The van der Waals surface area contributed by atoms with Gasteiger partial charge in [-0.25, -0.2) is 0 Å². The zero-order valence-corrected chi connectivity index (χ0v) is 14.1. The summed E-state index contributed by atoms with van der Waals surface area (Å²) in [5, 5.41) is 0. The standard InChI is InChI=1S/C19H34N2/c1-3-4-5-6-8-12-18(2)21(16-11-15-20)17-19-13-9-7-10-14-19/h7,9-10,13-14,18H,3-6,8,11-12,15-17,20H2,1-2H3. The molecular weight excluding hydrogens is 256 g/mol. The fraction of sp³-hybridized carbons (Fsp3) is 0.684. The van der Waals surface area contributed by atoms with Crippen molar-refractivity contribution in [1.82, 2.24) is 4.90 Å². The molecule has 2 N–H and O–H groups in total. The van der Waals surface area contributed by atoms with Crippen LogP contribution in [0.25, 0.3) is 0 Å². The minimum absolute atomic E-state index is 0.651. The largest absolute Gasteiger partial charge is 0.330 e. The van der Waals surface area contributed by atoms with Gasteiger partial charge >= 0.3 is 0 Å². The molecule has 120 valence electrons. The van der Waals surface area contributed by atoms with Crippen LogP contribution < -0.4 is 5.73 Å². The van der Waals surface area contributed by atoms with E-state index in [9.17, 15) is 0 Å². The van der Waals surface area contributed by atoms with Crippen molar-refractivity contribution in [2.75, 3.05) is 13.1 Å². The number of rotatable bonds is 12. The fourth-order valence-electron chi connectivity index (χ4n) is 2.79. The molecule has 1 aromatic carbocycles. The molecule has 21 heavy (non-hydrogen) atoms. The zero-order valence-electron chi connectivity index (χ0n) is 14.1.